The van der Waals surface area contributed by atoms with Gasteiger partial charge < -0.3 is 31.2 Å². The van der Waals surface area contributed by atoms with Crippen LogP contribution in [0.25, 0.3) is 0 Å². The molecule has 192 valence electrons. The van der Waals surface area contributed by atoms with Gasteiger partial charge in [-0.2, -0.15) is 0 Å². The van der Waals surface area contributed by atoms with Gasteiger partial charge in [0.25, 0.3) is 0 Å². The van der Waals surface area contributed by atoms with Crippen molar-refractivity contribution in [2.24, 2.45) is 5.73 Å². The van der Waals surface area contributed by atoms with E-state index in [9.17, 15) is 14.4 Å². The van der Waals surface area contributed by atoms with E-state index in [1.54, 1.807) is 13.8 Å². The van der Waals surface area contributed by atoms with E-state index in [-0.39, 0.29) is 19.0 Å². The lowest BCUT2D eigenvalue weighted by Crippen LogP contribution is -2.72. The topological polar surface area (TPSA) is 132 Å². The molecular weight excluding hydrogens is 460 g/mol. The van der Waals surface area contributed by atoms with Crippen LogP contribution in [0.3, 0.4) is 0 Å². The zero-order valence-corrected chi connectivity index (χ0v) is 20.7. The Kier molecular flexibility index (Phi) is 7.73. The molecule has 9 heteroatoms. The second-order valence-electron chi connectivity index (χ2n) is 10.0. The number of alkyl carbamates (subject to hydrolysis) is 1. The fourth-order valence-electron chi connectivity index (χ4n) is 4.81. The van der Waals surface area contributed by atoms with Gasteiger partial charge in [-0.1, -0.05) is 60.7 Å². The van der Waals surface area contributed by atoms with Crippen molar-refractivity contribution >= 4 is 17.8 Å². The standard InChI is InChI=1S/C27H34N4O5/c1-26(2,28)24(33)30-20(17-35-16-19-11-7-4-8-12-19)22(32)23-27(15-18-9-5-3-6-10-18)21(13-14-29-23)36-25(34)31-27/h3-12,20-21,23,29H,13-17,28H2,1-2H3,(H,30,33)(H,31,34)/t20-,21?,23?,27?/m1/s1. The Morgan fingerprint density at radius 3 is 2.42 bits per heavy atom. The molecule has 9 nitrogen and oxygen atoms in total. The second-order valence-corrected chi connectivity index (χ2v) is 10.0. The van der Waals surface area contributed by atoms with E-state index in [2.05, 4.69) is 16.0 Å². The molecule has 2 aromatic rings. The highest BCUT2D eigenvalue weighted by Gasteiger charge is 2.58. The van der Waals surface area contributed by atoms with Crippen LogP contribution in [0.15, 0.2) is 60.7 Å². The number of Topliss-reactive ketones (excluding diaryl/α,β-unsaturated/α-hetero) is 1. The molecule has 2 fully saturated rings. The third kappa shape index (κ3) is 5.75. The number of rotatable bonds is 10. The van der Waals surface area contributed by atoms with Gasteiger partial charge in [-0.25, -0.2) is 4.79 Å². The van der Waals surface area contributed by atoms with Crippen molar-refractivity contribution in [3.05, 3.63) is 71.8 Å². The van der Waals surface area contributed by atoms with Gasteiger partial charge in [0.05, 0.1) is 24.8 Å². The SMILES string of the molecule is CC(C)(N)C(=O)N[C@H](COCc1ccccc1)C(=O)C1NCCC2OC(=O)NC21Cc1ccccc1. The average molecular weight is 495 g/mol. The molecule has 2 aliphatic rings. The van der Waals surface area contributed by atoms with Gasteiger partial charge in [0.15, 0.2) is 5.78 Å². The molecule has 2 aromatic carbocycles. The molecule has 2 amide bonds. The fourth-order valence-corrected chi connectivity index (χ4v) is 4.81. The maximum atomic E-state index is 14.0. The summed E-state index contributed by atoms with van der Waals surface area (Å²) in [6, 6.07) is 17.4. The van der Waals surface area contributed by atoms with Gasteiger partial charge in [-0.05, 0) is 37.9 Å². The molecule has 36 heavy (non-hydrogen) atoms. The van der Waals surface area contributed by atoms with E-state index in [0.717, 1.165) is 11.1 Å². The van der Waals surface area contributed by atoms with Crippen molar-refractivity contribution in [1.82, 2.24) is 16.0 Å². The lowest BCUT2D eigenvalue weighted by molar-refractivity contribution is -0.134. The van der Waals surface area contributed by atoms with Gasteiger partial charge >= 0.3 is 6.09 Å². The molecule has 2 saturated heterocycles. The van der Waals surface area contributed by atoms with Crippen LogP contribution in [-0.4, -0.2) is 60.2 Å². The van der Waals surface area contributed by atoms with Gasteiger partial charge in [-0.3, -0.25) is 9.59 Å². The third-order valence-corrected chi connectivity index (χ3v) is 6.68. The molecule has 0 aromatic heterocycles. The summed E-state index contributed by atoms with van der Waals surface area (Å²) in [5, 5.41) is 9.02. The largest absolute Gasteiger partial charge is 0.444 e. The number of ketones is 1. The first kappa shape index (κ1) is 25.8. The minimum Gasteiger partial charge on any atom is -0.444 e. The summed E-state index contributed by atoms with van der Waals surface area (Å²) in [4.78, 5) is 39.2. The Hall–Kier alpha value is -3.27. The summed E-state index contributed by atoms with van der Waals surface area (Å²) < 4.78 is 11.5. The maximum Gasteiger partial charge on any atom is 0.408 e. The zero-order chi connectivity index (χ0) is 25.8. The van der Waals surface area contributed by atoms with Crippen LogP contribution >= 0.6 is 0 Å². The molecule has 0 aliphatic carbocycles. The summed E-state index contributed by atoms with van der Waals surface area (Å²) >= 11 is 0. The molecule has 0 radical (unpaired) electrons. The number of hydrogen-bond acceptors (Lipinski definition) is 7. The molecule has 3 unspecified atom stereocenters. The predicted molar refractivity (Wildman–Crippen MR) is 134 cm³/mol. The quantitative estimate of drug-likeness (QED) is 0.393. The van der Waals surface area contributed by atoms with Crippen molar-refractivity contribution in [3.8, 4) is 0 Å². The Morgan fingerprint density at radius 1 is 1.14 bits per heavy atom. The van der Waals surface area contributed by atoms with Crippen LogP contribution < -0.4 is 21.7 Å². The number of ether oxygens (including phenoxy) is 2. The zero-order valence-electron chi connectivity index (χ0n) is 20.7. The highest BCUT2D eigenvalue weighted by Crippen LogP contribution is 2.34. The summed E-state index contributed by atoms with van der Waals surface area (Å²) in [7, 11) is 0. The molecule has 0 saturated carbocycles. The molecule has 0 spiro atoms. The highest BCUT2D eigenvalue weighted by atomic mass is 16.6. The molecule has 2 aliphatic heterocycles. The monoisotopic (exact) mass is 494 g/mol. The van der Waals surface area contributed by atoms with E-state index in [1.807, 2.05) is 60.7 Å². The normalized spacial score (nSPS) is 24.2. The number of nitrogens with one attached hydrogen (secondary N) is 3. The minimum atomic E-state index is -1.19. The molecule has 4 atom stereocenters. The van der Waals surface area contributed by atoms with Gasteiger partial charge in [-0.15, -0.1) is 0 Å². The summed E-state index contributed by atoms with van der Waals surface area (Å²) in [5.74, 6) is -0.771. The van der Waals surface area contributed by atoms with Crippen LogP contribution in [0.2, 0.25) is 0 Å². The van der Waals surface area contributed by atoms with Crippen LogP contribution in [0.1, 0.15) is 31.4 Å². The average Bonchev–Trinajstić information content (AvgIpc) is 3.18. The van der Waals surface area contributed by atoms with Gasteiger partial charge in [0, 0.05) is 6.42 Å². The first-order valence-electron chi connectivity index (χ1n) is 12.2. The molecule has 0 bridgehead atoms. The number of piperidine rings is 1. The Labute approximate surface area is 211 Å². The van der Waals surface area contributed by atoms with E-state index in [0.29, 0.717) is 19.4 Å². The fraction of sp³-hybridized carbons (Fsp3) is 0.444. The number of hydrogen-bond donors (Lipinski definition) is 4. The number of amides is 2. The molecule has 5 N–H and O–H groups in total. The molecule has 4 rings (SSSR count). The molecule has 2 heterocycles. The predicted octanol–water partition coefficient (Wildman–Crippen LogP) is 1.45. The Morgan fingerprint density at radius 2 is 1.78 bits per heavy atom. The lowest BCUT2D eigenvalue weighted by atomic mass is 9.73. The van der Waals surface area contributed by atoms with Crippen molar-refractivity contribution in [1.29, 1.82) is 0 Å². The van der Waals surface area contributed by atoms with Crippen molar-refractivity contribution < 1.29 is 23.9 Å². The number of benzene rings is 2. The van der Waals surface area contributed by atoms with Crippen molar-refractivity contribution in [3.63, 3.8) is 0 Å². The summed E-state index contributed by atoms with van der Waals surface area (Å²) in [5.41, 5.74) is 5.71. The van der Waals surface area contributed by atoms with Crippen molar-refractivity contribution in [2.45, 2.75) is 62.6 Å². The second kappa shape index (κ2) is 10.8. The van der Waals surface area contributed by atoms with Crippen LogP contribution in [0.5, 0.6) is 0 Å². The van der Waals surface area contributed by atoms with Gasteiger partial charge in [0.1, 0.15) is 17.7 Å². The van der Waals surface area contributed by atoms with Crippen molar-refractivity contribution in [2.75, 3.05) is 13.2 Å². The van der Waals surface area contributed by atoms with Crippen LogP contribution in [0.4, 0.5) is 4.79 Å². The molecular formula is C27H34N4O5. The number of carbonyl (C=O) groups excluding carboxylic acids is 3. The van der Waals surface area contributed by atoms with Crippen LogP contribution in [-0.2, 0) is 32.1 Å². The first-order valence-corrected chi connectivity index (χ1v) is 12.2. The smallest absolute Gasteiger partial charge is 0.408 e. The van der Waals surface area contributed by atoms with Gasteiger partial charge in [0.2, 0.25) is 5.91 Å². The highest BCUT2D eigenvalue weighted by molar-refractivity contribution is 5.96. The Balaban J connectivity index is 1.59. The maximum absolute atomic E-state index is 14.0. The van der Waals surface area contributed by atoms with E-state index >= 15 is 0 Å². The van der Waals surface area contributed by atoms with E-state index in [4.69, 9.17) is 15.2 Å². The first-order chi connectivity index (χ1) is 17.2. The number of carbonyl (C=O) groups is 3. The summed E-state index contributed by atoms with van der Waals surface area (Å²) in [6.07, 6.45) is -0.0942. The lowest BCUT2D eigenvalue weighted by Gasteiger charge is -2.44. The van der Waals surface area contributed by atoms with E-state index in [1.165, 1.54) is 0 Å². The third-order valence-electron chi connectivity index (χ3n) is 6.68. The Bertz CT molecular complexity index is 1070. The number of fused-ring (bicyclic) bond motifs is 1. The summed E-state index contributed by atoms with van der Waals surface area (Å²) in [6.45, 7) is 3.87. The van der Waals surface area contributed by atoms with E-state index < -0.39 is 41.3 Å². The van der Waals surface area contributed by atoms with Crippen LogP contribution in [0, 0.1) is 0 Å². The minimum absolute atomic E-state index is 0.0470. The number of nitrogens with two attached hydrogens (primary N) is 1.